The summed E-state index contributed by atoms with van der Waals surface area (Å²) in [5.41, 5.74) is 2.08. The van der Waals surface area contributed by atoms with E-state index in [1.165, 1.54) is 11.8 Å². The van der Waals surface area contributed by atoms with Crippen molar-refractivity contribution in [2.75, 3.05) is 30.0 Å². The number of hydrazine groups is 1. The van der Waals surface area contributed by atoms with Gasteiger partial charge in [0, 0.05) is 25.8 Å². The van der Waals surface area contributed by atoms with E-state index in [0.717, 1.165) is 24.3 Å². The van der Waals surface area contributed by atoms with Crippen LogP contribution in [0.4, 0.5) is 11.4 Å². The molecule has 2 aromatic carbocycles. The van der Waals surface area contributed by atoms with Gasteiger partial charge in [-0.2, -0.15) is 0 Å². The van der Waals surface area contributed by atoms with Crippen LogP contribution < -0.4 is 9.91 Å². The minimum Gasteiger partial charge on any atom is -0.370 e. The Bertz CT molecular complexity index is 754. The zero-order valence-corrected chi connectivity index (χ0v) is 16.7. The second-order valence-electron chi connectivity index (χ2n) is 6.16. The molecule has 1 heterocycles. The Morgan fingerprint density at radius 2 is 1.62 bits per heavy atom. The number of hydrogen-bond donors (Lipinski definition) is 0. The maximum absolute atomic E-state index is 13.1. The highest BCUT2D eigenvalue weighted by molar-refractivity contribution is 8.24. The Morgan fingerprint density at radius 3 is 2.19 bits per heavy atom. The van der Waals surface area contributed by atoms with Gasteiger partial charge in [0.15, 0.2) is 4.32 Å². The largest absolute Gasteiger partial charge is 0.370 e. The first-order valence-corrected chi connectivity index (χ1v) is 10.0. The molecule has 0 N–H and O–H groups in total. The second-order valence-corrected chi connectivity index (χ2v) is 8.00. The van der Waals surface area contributed by atoms with Crippen molar-refractivity contribution >= 4 is 45.6 Å². The van der Waals surface area contributed by atoms with Gasteiger partial charge >= 0.3 is 0 Å². The van der Waals surface area contributed by atoms with Gasteiger partial charge in [-0.1, -0.05) is 67.3 Å². The van der Waals surface area contributed by atoms with Gasteiger partial charge < -0.3 is 4.90 Å². The fourth-order valence-electron chi connectivity index (χ4n) is 3.03. The number of carbonyl (C=O) groups is 1. The summed E-state index contributed by atoms with van der Waals surface area (Å²) in [6, 6.07) is 20.1. The molecule has 0 bridgehead atoms. The highest BCUT2D eigenvalue weighted by Gasteiger charge is 2.40. The lowest BCUT2D eigenvalue weighted by molar-refractivity contribution is -0.126. The van der Waals surface area contributed by atoms with Gasteiger partial charge in [-0.25, -0.2) is 5.01 Å². The summed E-state index contributed by atoms with van der Waals surface area (Å²) in [5, 5.41) is 3.26. The van der Waals surface area contributed by atoms with Crippen molar-refractivity contribution in [2.24, 2.45) is 0 Å². The molecule has 0 spiro atoms. The molecule has 1 aliphatic heterocycles. The van der Waals surface area contributed by atoms with Crippen LogP contribution in [0.1, 0.15) is 13.3 Å². The Morgan fingerprint density at radius 1 is 1.04 bits per heavy atom. The van der Waals surface area contributed by atoms with E-state index in [1.807, 2.05) is 60.6 Å². The van der Waals surface area contributed by atoms with E-state index in [4.69, 9.17) is 12.2 Å². The van der Waals surface area contributed by atoms with E-state index in [-0.39, 0.29) is 11.2 Å². The summed E-state index contributed by atoms with van der Waals surface area (Å²) in [6.07, 6.45) is 1.03. The van der Waals surface area contributed by atoms with E-state index in [9.17, 15) is 4.79 Å². The molecule has 0 saturated carbocycles. The molecule has 136 valence electrons. The lowest BCUT2D eigenvalue weighted by atomic mass is 10.2. The molecule has 2 aromatic rings. The molecule has 0 aromatic heterocycles. The minimum atomic E-state index is -0.194. The van der Waals surface area contributed by atoms with Crippen LogP contribution in [0.25, 0.3) is 0 Å². The fourth-order valence-corrected chi connectivity index (χ4v) is 4.60. The van der Waals surface area contributed by atoms with Crippen molar-refractivity contribution in [1.29, 1.82) is 0 Å². The van der Waals surface area contributed by atoms with E-state index >= 15 is 0 Å². The molecule has 1 fully saturated rings. The first-order valence-electron chi connectivity index (χ1n) is 8.75. The van der Waals surface area contributed by atoms with Gasteiger partial charge in [0.1, 0.15) is 5.25 Å². The Hall–Kier alpha value is -2.05. The van der Waals surface area contributed by atoms with Crippen LogP contribution in [-0.4, -0.2) is 40.6 Å². The molecule has 26 heavy (non-hydrogen) atoms. The lowest BCUT2D eigenvalue weighted by Gasteiger charge is -2.30. The van der Waals surface area contributed by atoms with Crippen LogP contribution in [0.2, 0.25) is 0 Å². The lowest BCUT2D eigenvalue weighted by Crippen LogP contribution is -2.46. The third kappa shape index (κ3) is 4.02. The standard InChI is InChI=1S/C20H23N3OS2/c1-3-14-22(17-12-8-5-9-13-17)15-18-19(24)23(20(25)26-18)21(2)16-10-6-4-7-11-16/h4-13,18H,3,14-15H2,1-2H3. The molecule has 1 atom stereocenters. The van der Waals surface area contributed by atoms with E-state index in [2.05, 4.69) is 24.0 Å². The van der Waals surface area contributed by atoms with E-state index < -0.39 is 0 Å². The third-order valence-corrected chi connectivity index (χ3v) is 5.80. The fraction of sp³-hybridized carbons (Fsp3) is 0.300. The molecule has 0 aliphatic carbocycles. The zero-order chi connectivity index (χ0) is 18.5. The van der Waals surface area contributed by atoms with Crippen LogP contribution in [-0.2, 0) is 4.79 Å². The van der Waals surface area contributed by atoms with Crippen molar-refractivity contribution in [2.45, 2.75) is 18.6 Å². The predicted molar refractivity (Wildman–Crippen MR) is 115 cm³/mol. The summed E-state index contributed by atoms with van der Waals surface area (Å²) in [5.74, 6) is 0.0448. The number of thiocarbonyl (C=S) groups is 1. The van der Waals surface area contributed by atoms with Gasteiger partial charge in [0.2, 0.25) is 0 Å². The van der Waals surface area contributed by atoms with Gasteiger partial charge in [0.25, 0.3) is 5.91 Å². The van der Waals surface area contributed by atoms with Crippen LogP contribution in [0.5, 0.6) is 0 Å². The molecule has 1 aliphatic rings. The number of anilines is 2. The van der Waals surface area contributed by atoms with Crippen LogP contribution in [0.3, 0.4) is 0 Å². The van der Waals surface area contributed by atoms with E-state index in [0.29, 0.717) is 10.9 Å². The summed E-state index contributed by atoms with van der Waals surface area (Å²) < 4.78 is 0.607. The maximum atomic E-state index is 13.1. The molecule has 1 unspecified atom stereocenters. The summed E-state index contributed by atoms with van der Waals surface area (Å²) >= 11 is 6.99. The van der Waals surface area contributed by atoms with Crippen molar-refractivity contribution < 1.29 is 4.79 Å². The average Bonchev–Trinajstić information content (AvgIpc) is 2.95. The van der Waals surface area contributed by atoms with Gasteiger partial charge in [0.05, 0.1) is 5.69 Å². The normalized spacial score (nSPS) is 16.8. The Kier molecular flexibility index (Phi) is 6.16. The average molecular weight is 386 g/mol. The SMILES string of the molecule is CCCN(CC1SC(=S)N(N(C)c2ccccc2)C1=O)c1ccccc1. The predicted octanol–water partition coefficient (Wildman–Crippen LogP) is 4.18. The first-order chi connectivity index (χ1) is 12.6. The number of carbonyl (C=O) groups excluding carboxylic acids is 1. The molecule has 0 radical (unpaired) electrons. The number of nitrogens with zero attached hydrogens (tertiary/aromatic N) is 3. The number of rotatable bonds is 7. The van der Waals surface area contributed by atoms with Crippen molar-refractivity contribution in [3.63, 3.8) is 0 Å². The smallest absolute Gasteiger partial charge is 0.262 e. The van der Waals surface area contributed by atoms with Crippen LogP contribution in [0.15, 0.2) is 60.7 Å². The highest BCUT2D eigenvalue weighted by Crippen LogP contribution is 2.32. The zero-order valence-electron chi connectivity index (χ0n) is 15.0. The number of amides is 1. The molecule has 1 amide bonds. The van der Waals surface area contributed by atoms with Gasteiger partial charge in [-0.3, -0.25) is 9.80 Å². The molecule has 3 rings (SSSR count). The second kappa shape index (κ2) is 8.56. The van der Waals surface area contributed by atoms with Crippen molar-refractivity contribution in [1.82, 2.24) is 5.01 Å². The van der Waals surface area contributed by atoms with Crippen LogP contribution in [0, 0.1) is 0 Å². The Balaban J connectivity index is 1.75. The summed E-state index contributed by atoms with van der Waals surface area (Å²) in [6.45, 7) is 3.72. The summed E-state index contributed by atoms with van der Waals surface area (Å²) in [4.78, 5) is 15.3. The quantitative estimate of drug-likeness (QED) is 0.666. The molecule has 6 heteroatoms. The van der Waals surface area contributed by atoms with Crippen molar-refractivity contribution in [3.05, 3.63) is 60.7 Å². The van der Waals surface area contributed by atoms with Gasteiger partial charge in [-0.05, 0) is 30.7 Å². The number of thioether (sulfide) groups is 1. The van der Waals surface area contributed by atoms with E-state index in [1.54, 1.807) is 5.01 Å². The molecule has 4 nitrogen and oxygen atoms in total. The molecule has 1 saturated heterocycles. The third-order valence-electron chi connectivity index (χ3n) is 4.33. The monoisotopic (exact) mass is 385 g/mol. The number of benzene rings is 2. The topological polar surface area (TPSA) is 26.8 Å². The molecular formula is C20H23N3OS2. The number of hydrogen-bond acceptors (Lipinski definition) is 5. The van der Waals surface area contributed by atoms with Gasteiger partial charge in [-0.15, -0.1) is 0 Å². The minimum absolute atomic E-state index is 0.0448. The van der Waals surface area contributed by atoms with Crippen molar-refractivity contribution in [3.8, 4) is 0 Å². The summed E-state index contributed by atoms with van der Waals surface area (Å²) in [7, 11) is 1.88. The Labute approximate surface area is 164 Å². The first kappa shape index (κ1) is 18.7. The molecular weight excluding hydrogens is 362 g/mol. The maximum Gasteiger partial charge on any atom is 0.262 e. The number of para-hydroxylation sites is 2. The highest BCUT2D eigenvalue weighted by atomic mass is 32.2. The van der Waals surface area contributed by atoms with Crippen LogP contribution >= 0.6 is 24.0 Å².